The maximum absolute atomic E-state index is 6.37. The van der Waals surface area contributed by atoms with Crippen LogP contribution in [-0.4, -0.2) is 4.57 Å². The Kier molecular flexibility index (Phi) is 3.21. The number of aromatic nitrogens is 1. The SMILES string of the molecule is CCc1ccccc1-n1ccc2c1CC(C)(C)CC2N. The molecule has 0 radical (unpaired) electrons. The minimum absolute atomic E-state index is 0.170. The van der Waals surface area contributed by atoms with Crippen LogP contribution in [0.25, 0.3) is 5.69 Å². The van der Waals surface area contributed by atoms with E-state index in [1.54, 1.807) is 0 Å². The molecule has 2 N–H and O–H groups in total. The van der Waals surface area contributed by atoms with E-state index in [4.69, 9.17) is 5.73 Å². The molecule has 0 amide bonds. The Morgan fingerprint density at radius 1 is 1.25 bits per heavy atom. The number of para-hydroxylation sites is 1. The third kappa shape index (κ3) is 2.18. The molecule has 2 aromatic rings. The van der Waals surface area contributed by atoms with Crippen molar-refractivity contribution in [1.29, 1.82) is 0 Å². The standard InChI is InChI=1S/C18H24N2/c1-4-13-7-5-6-8-16(13)20-10-9-14-15(19)11-18(2,3)12-17(14)20/h5-10,15H,4,11-12,19H2,1-3H3. The summed E-state index contributed by atoms with van der Waals surface area (Å²) >= 11 is 0. The Bertz CT molecular complexity index is 622. The van der Waals surface area contributed by atoms with Gasteiger partial charge in [0.05, 0.1) is 0 Å². The van der Waals surface area contributed by atoms with Crippen LogP contribution in [0.4, 0.5) is 0 Å². The Balaban J connectivity index is 2.13. The molecule has 0 saturated heterocycles. The Morgan fingerprint density at radius 3 is 2.75 bits per heavy atom. The molecule has 1 unspecified atom stereocenters. The molecule has 1 heterocycles. The fourth-order valence-corrected chi connectivity index (χ4v) is 3.51. The van der Waals surface area contributed by atoms with Crippen LogP contribution in [0.2, 0.25) is 0 Å². The predicted molar refractivity (Wildman–Crippen MR) is 84.2 cm³/mol. The Labute approximate surface area is 121 Å². The van der Waals surface area contributed by atoms with E-state index in [1.165, 1.54) is 22.5 Å². The van der Waals surface area contributed by atoms with Gasteiger partial charge >= 0.3 is 0 Å². The smallest absolute Gasteiger partial charge is 0.0484 e. The summed E-state index contributed by atoms with van der Waals surface area (Å²) in [6.07, 6.45) is 5.42. The molecule has 0 spiro atoms. The number of fused-ring (bicyclic) bond motifs is 1. The van der Waals surface area contributed by atoms with Crippen molar-refractivity contribution in [2.45, 2.75) is 46.1 Å². The number of hydrogen-bond acceptors (Lipinski definition) is 1. The van der Waals surface area contributed by atoms with Crippen LogP contribution < -0.4 is 5.73 Å². The quantitative estimate of drug-likeness (QED) is 0.876. The summed E-state index contributed by atoms with van der Waals surface area (Å²) in [5.41, 5.74) is 12.1. The lowest BCUT2D eigenvalue weighted by molar-refractivity contribution is 0.278. The summed E-state index contributed by atoms with van der Waals surface area (Å²) in [6.45, 7) is 6.85. The van der Waals surface area contributed by atoms with Crippen molar-refractivity contribution >= 4 is 0 Å². The van der Waals surface area contributed by atoms with Crippen molar-refractivity contribution < 1.29 is 0 Å². The van der Waals surface area contributed by atoms with Crippen molar-refractivity contribution in [2.75, 3.05) is 0 Å². The van der Waals surface area contributed by atoms with Gasteiger partial charge in [-0.15, -0.1) is 0 Å². The zero-order valence-corrected chi connectivity index (χ0v) is 12.7. The molecule has 1 atom stereocenters. The molecular formula is C18H24N2. The lowest BCUT2D eigenvalue weighted by Crippen LogP contribution is -2.30. The fourth-order valence-electron chi connectivity index (χ4n) is 3.51. The molecule has 0 saturated carbocycles. The van der Waals surface area contributed by atoms with Crippen molar-refractivity contribution in [1.82, 2.24) is 4.57 Å². The first kappa shape index (κ1) is 13.4. The molecule has 1 aliphatic rings. The topological polar surface area (TPSA) is 30.9 Å². The van der Waals surface area contributed by atoms with Gasteiger partial charge in [0.1, 0.15) is 0 Å². The van der Waals surface area contributed by atoms with Crippen LogP contribution >= 0.6 is 0 Å². The van der Waals surface area contributed by atoms with E-state index in [1.807, 2.05) is 0 Å². The number of rotatable bonds is 2. The molecule has 2 heteroatoms. The van der Waals surface area contributed by atoms with Gasteiger partial charge in [0, 0.05) is 23.6 Å². The molecule has 0 aliphatic heterocycles. The third-order valence-electron chi connectivity index (χ3n) is 4.48. The van der Waals surface area contributed by atoms with Gasteiger partial charge in [-0.05, 0) is 47.9 Å². The summed E-state index contributed by atoms with van der Waals surface area (Å²) < 4.78 is 2.36. The normalized spacial score (nSPS) is 20.7. The summed E-state index contributed by atoms with van der Waals surface area (Å²) in [7, 11) is 0. The summed E-state index contributed by atoms with van der Waals surface area (Å²) in [5, 5.41) is 0. The zero-order valence-electron chi connectivity index (χ0n) is 12.7. The first-order chi connectivity index (χ1) is 9.52. The van der Waals surface area contributed by atoms with E-state index in [9.17, 15) is 0 Å². The lowest BCUT2D eigenvalue weighted by atomic mass is 9.74. The monoisotopic (exact) mass is 268 g/mol. The first-order valence-electron chi connectivity index (χ1n) is 7.56. The van der Waals surface area contributed by atoms with E-state index in [0.717, 1.165) is 19.3 Å². The number of hydrogen-bond donors (Lipinski definition) is 1. The van der Waals surface area contributed by atoms with Crippen molar-refractivity contribution in [2.24, 2.45) is 11.1 Å². The molecule has 1 aliphatic carbocycles. The minimum Gasteiger partial charge on any atom is -0.324 e. The first-order valence-corrected chi connectivity index (χ1v) is 7.56. The lowest BCUT2D eigenvalue weighted by Gasteiger charge is -2.34. The zero-order chi connectivity index (χ0) is 14.3. The molecule has 20 heavy (non-hydrogen) atoms. The number of benzene rings is 1. The van der Waals surface area contributed by atoms with Crippen LogP contribution in [0.5, 0.6) is 0 Å². The summed E-state index contributed by atoms with van der Waals surface area (Å²) in [4.78, 5) is 0. The largest absolute Gasteiger partial charge is 0.324 e. The van der Waals surface area contributed by atoms with E-state index in [2.05, 4.69) is 61.9 Å². The molecule has 1 aromatic carbocycles. The molecule has 1 aromatic heterocycles. The molecule has 0 bridgehead atoms. The van der Waals surface area contributed by atoms with E-state index in [0.29, 0.717) is 0 Å². The highest BCUT2D eigenvalue weighted by molar-refractivity contribution is 5.46. The van der Waals surface area contributed by atoms with Gasteiger partial charge in [0.25, 0.3) is 0 Å². The second-order valence-corrected chi connectivity index (χ2v) is 6.72. The second-order valence-electron chi connectivity index (χ2n) is 6.72. The average Bonchev–Trinajstić information content (AvgIpc) is 2.81. The van der Waals surface area contributed by atoms with Gasteiger partial charge in [0.15, 0.2) is 0 Å². The van der Waals surface area contributed by atoms with E-state index in [-0.39, 0.29) is 11.5 Å². The average molecular weight is 268 g/mol. The van der Waals surface area contributed by atoms with Gasteiger partial charge < -0.3 is 10.3 Å². The number of nitrogens with two attached hydrogens (primary N) is 1. The molecule has 2 nitrogen and oxygen atoms in total. The fraction of sp³-hybridized carbons (Fsp3) is 0.444. The highest BCUT2D eigenvalue weighted by Gasteiger charge is 2.32. The summed E-state index contributed by atoms with van der Waals surface area (Å²) in [6, 6.07) is 11.1. The van der Waals surface area contributed by atoms with Crippen LogP contribution in [-0.2, 0) is 12.8 Å². The molecule has 3 rings (SSSR count). The van der Waals surface area contributed by atoms with Crippen molar-refractivity contribution in [3.05, 3.63) is 53.3 Å². The van der Waals surface area contributed by atoms with E-state index < -0.39 is 0 Å². The van der Waals surface area contributed by atoms with Crippen LogP contribution in [0.15, 0.2) is 36.5 Å². The maximum atomic E-state index is 6.37. The van der Waals surface area contributed by atoms with Crippen LogP contribution in [0.1, 0.15) is 50.1 Å². The minimum atomic E-state index is 0.170. The maximum Gasteiger partial charge on any atom is 0.0484 e. The molecular weight excluding hydrogens is 244 g/mol. The van der Waals surface area contributed by atoms with E-state index >= 15 is 0 Å². The van der Waals surface area contributed by atoms with Gasteiger partial charge in [-0.25, -0.2) is 0 Å². The Hall–Kier alpha value is -1.54. The second kappa shape index (κ2) is 4.78. The number of aryl methyl sites for hydroxylation is 1. The highest BCUT2D eigenvalue weighted by Crippen LogP contribution is 2.41. The number of nitrogens with zero attached hydrogens (tertiary/aromatic N) is 1. The highest BCUT2D eigenvalue weighted by atomic mass is 15.0. The van der Waals surface area contributed by atoms with Gasteiger partial charge in [0.2, 0.25) is 0 Å². The molecule has 106 valence electrons. The van der Waals surface area contributed by atoms with Gasteiger partial charge in [-0.1, -0.05) is 39.0 Å². The molecule has 0 fully saturated rings. The van der Waals surface area contributed by atoms with Gasteiger partial charge in [-0.2, -0.15) is 0 Å². The van der Waals surface area contributed by atoms with Crippen LogP contribution in [0, 0.1) is 5.41 Å². The Morgan fingerprint density at radius 2 is 2.00 bits per heavy atom. The van der Waals surface area contributed by atoms with Crippen LogP contribution in [0.3, 0.4) is 0 Å². The third-order valence-corrected chi connectivity index (χ3v) is 4.48. The predicted octanol–water partition coefficient (Wildman–Crippen LogP) is 4.01. The summed E-state index contributed by atoms with van der Waals surface area (Å²) in [5.74, 6) is 0. The van der Waals surface area contributed by atoms with Crippen molar-refractivity contribution in [3.63, 3.8) is 0 Å². The van der Waals surface area contributed by atoms with Crippen molar-refractivity contribution in [3.8, 4) is 5.69 Å². The van der Waals surface area contributed by atoms with Gasteiger partial charge in [-0.3, -0.25) is 0 Å².